The van der Waals surface area contributed by atoms with E-state index in [4.69, 9.17) is 5.73 Å². The molecule has 0 atom stereocenters. The van der Waals surface area contributed by atoms with Gasteiger partial charge in [0.1, 0.15) is 0 Å². The SMILES string of the molecule is CSCCNC(=O)CCN. The lowest BCUT2D eigenvalue weighted by Gasteiger charge is -2.00. The number of hydrogen-bond donors (Lipinski definition) is 2. The van der Waals surface area contributed by atoms with Gasteiger partial charge in [-0.1, -0.05) is 0 Å². The number of rotatable bonds is 5. The van der Waals surface area contributed by atoms with E-state index >= 15 is 0 Å². The number of carbonyl (C=O) groups excluding carboxylic acids is 1. The zero-order valence-electron chi connectivity index (χ0n) is 6.22. The van der Waals surface area contributed by atoms with Crippen LogP contribution in [-0.2, 0) is 4.79 Å². The van der Waals surface area contributed by atoms with Gasteiger partial charge in [0.25, 0.3) is 0 Å². The van der Waals surface area contributed by atoms with Crippen molar-refractivity contribution in [2.75, 3.05) is 25.1 Å². The molecule has 3 nitrogen and oxygen atoms in total. The minimum absolute atomic E-state index is 0.0524. The van der Waals surface area contributed by atoms with Crippen molar-refractivity contribution in [2.24, 2.45) is 5.73 Å². The summed E-state index contributed by atoms with van der Waals surface area (Å²) in [4.78, 5) is 10.7. The van der Waals surface area contributed by atoms with E-state index in [0.717, 1.165) is 12.3 Å². The second-order valence-electron chi connectivity index (χ2n) is 1.88. The molecule has 0 aromatic carbocycles. The third-order valence-electron chi connectivity index (χ3n) is 1.000. The molecule has 0 unspecified atom stereocenters. The van der Waals surface area contributed by atoms with Gasteiger partial charge in [-0.3, -0.25) is 4.79 Å². The van der Waals surface area contributed by atoms with Gasteiger partial charge >= 0.3 is 0 Å². The summed E-state index contributed by atoms with van der Waals surface area (Å²) in [5, 5.41) is 2.74. The number of amides is 1. The number of nitrogens with one attached hydrogen (secondary N) is 1. The van der Waals surface area contributed by atoms with E-state index in [1.54, 1.807) is 11.8 Å². The van der Waals surface area contributed by atoms with E-state index in [2.05, 4.69) is 5.32 Å². The Kier molecular flexibility index (Phi) is 6.74. The lowest BCUT2D eigenvalue weighted by Crippen LogP contribution is -2.27. The highest BCUT2D eigenvalue weighted by Crippen LogP contribution is 1.87. The molecule has 0 aliphatic rings. The Morgan fingerprint density at radius 1 is 1.70 bits per heavy atom. The van der Waals surface area contributed by atoms with Crippen molar-refractivity contribution in [2.45, 2.75) is 6.42 Å². The lowest BCUT2D eigenvalue weighted by atomic mass is 10.4. The Morgan fingerprint density at radius 2 is 2.40 bits per heavy atom. The van der Waals surface area contributed by atoms with Crippen LogP contribution in [0.1, 0.15) is 6.42 Å². The summed E-state index contributed by atoms with van der Waals surface area (Å²) in [5.74, 6) is 1.02. The van der Waals surface area contributed by atoms with Gasteiger partial charge in [-0.15, -0.1) is 0 Å². The highest BCUT2D eigenvalue weighted by Gasteiger charge is 1.95. The van der Waals surface area contributed by atoms with Gasteiger partial charge in [0, 0.05) is 25.3 Å². The summed E-state index contributed by atoms with van der Waals surface area (Å²) in [6, 6.07) is 0. The number of thioether (sulfide) groups is 1. The molecular weight excluding hydrogens is 148 g/mol. The van der Waals surface area contributed by atoms with Crippen LogP contribution in [0.2, 0.25) is 0 Å². The van der Waals surface area contributed by atoms with Gasteiger partial charge in [0.15, 0.2) is 0 Å². The maximum absolute atomic E-state index is 10.7. The molecule has 3 N–H and O–H groups in total. The van der Waals surface area contributed by atoms with Crippen molar-refractivity contribution in [1.82, 2.24) is 5.32 Å². The summed E-state index contributed by atoms with van der Waals surface area (Å²) in [6.45, 7) is 1.19. The highest BCUT2D eigenvalue weighted by molar-refractivity contribution is 7.98. The van der Waals surface area contributed by atoms with Gasteiger partial charge in [0.2, 0.25) is 5.91 Å². The minimum atomic E-state index is 0.0524. The monoisotopic (exact) mass is 162 g/mol. The fourth-order valence-electron chi connectivity index (χ4n) is 0.512. The summed E-state index contributed by atoms with van der Waals surface area (Å²) in [5.41, 5.74) is 5.17. The largest absolute Gasteiger partial charge is 0.355 e. The number of carbonyl (C=O) groups is 1. The van der Waals surface area contributed by atoms with Crippen molar-refractivity contribution < 1.29 is 4.79 Å². The van der Waals surface area contributed by atoms with Crippen molar-refractivity contribution in [3.63, 3.8) is 0 Å². The van der Waals surface area contributed by atoms with E-state index in [-0.39, 0.29) is 5.91 Å². The zero-order valence-corrected chi connectivity index (χ0v) is 7.04. The summed E-state index contributed by atoms with van der Waals surface area (Å²) >= 11 is 1.72. The molecular formula is C6H14N2OS. The second-order valence-corrected chi connectivity index (χ2v) is 2.87. The Morgan fingerprint density at radius 3 is 2.90 bits per heavy atom. The normalized spacial score (nSPS) is 9.40. The van der Waals surface area contributed by atoms with Gasteiger partial charge < -0.3 is 11.1 Å². The molecule has 1 amide bonds. The predicted molar refractivity (Wildman–Crippen MR) is 45.1 cm³/mol. The fraction of sp³-hybridized carbons (Fsp3) is 0.833. The van der Waals surface area contributed by atoms with Crippen LogP contribution in [0.15, 0.2) is 0 Å². The Bertz CT molecular complexity index is 97.7. The third-order valence-corrected chi connectivity index (χ3v) is 1.61. The van der Waals surface area contributed by atoms with Crippen molar-refractivity contribution in [3.05, 3.63) is 0 Å². The van der Waals surface area contributed by atoms with Crippen LogP contribution >= 0.6 is 11.8 Å². The van der Waals surface area contributed by atoms with Crippen LogP contribution in [0.25, 0.3) is 0 Å². The van der Waals surface area contributed by atoms with Crippen LogP contribution in [0, 0.1) is 0 Å². The van der Waals surface area contributed by atoms with E-state index in [1.165, 1.54) is 0 Å². The van der Waals surface area contributed by atoms with E-state index < -0.39 is 0 Å². The van der Waals surface area contributed by atoms with Crippen LogP contribution in [-0.4, -0.2) is 31.0 Å². The summed E-state index contributed by atoms with van der Waals surface area (Å²) in [6.07, 6.45) is 2.45. The molecule has 4 heteroatoms. The number of hydrogen-bond acceptors (Lipinski definition) is 3. The average Bonchev–Trinajstić information content (AvgIpc) is 1.89. The van der Waals surface area contributed by atoms with Crippen LogP contribution in [0.4, 0.5) is 0 Å². The van der Waals surface area contributed by atoms with Crippen molar-refractivity contribution in [3.8, 4) is 0 Å². The van der Waals surface area contributed by atoms with Gasteiger partial charge in [-0.05, 0) is 6.26 Å². The smallest absolute Gasteiger partial charge is 0.221 e. The molecule has 0 heterocycles. The first-order valence-corrected chi connectivity index (χ1v) is 4.66. The van der Waals surface area contributed by atoms with E-state index in [9.17, 15) is 4.79 Å². The summed E-state index contributed by atoms with van der Waals surface area (Å²) < 4.78 is 0. The topological polar surface area (TPSA) is 55.1 Å². The van der Waals surface area contributed by atoms with E-state index in [0.29, 0.717) is 13.0 Å². The average molecular weight is 162 g/mol. The third kappa shape index (κ3) is 5.91. The zero-order chi connectivity index (χ0) is 7.82. The Hall–Kier alpha value is -0.220. The molecule has 0 bridgehead atoms. The minimum Gasteiger partial charge on any atom is -0.355 e. The van der Waals surface area contributed by atoms with Gasteiger partial charge in [-0.25, -0.2) is 0 Å². The quantitative estimate of drug-likeness (QED) is 0.551. The molecule has 0 aromatic heterocycles. The van der Waals surface area contributed by atoms with Crippen LogP contribution < -0.4 is 11.1 Å². The highest BCUT2D eigenvalue weighted by atomic mass is 32.2. The molecule has 10 heavy (non-hydrogen) atoms. The molecule has 0 saturated carbocycles. The molecule has 0 aromatic rings. The first-order valence-electron chi connectivity index (χ1n) is 3.27. The fourth-order valence-corrected chi connectivity index (χ4v) is 0.818. The molecule has 0 saturated heterocycles. The lowest BCUT2D eigenvalue weighted by molar-refractivity contribution is -0.120. The maximum atomic E-state index is 10.7. The predicted octanol–water partition coefficient (Wildman–Crippen LogP) is -0.186. The summed E-state index contributed by atoms with van der Waals surface area (Å²) in [7, 11) is 0. The Balaban J connectivity index is 3.05. The number of nitrogens with two attached hydrogens (primary N) is 1. The van der Waals surface area contributed by atoms with Gasteiger partial charge in [-0.2, -0.15) is 11.8 Å². The second kappa shape index (κ2) is 6.89. The van der Waals surface area contributed by atoms with Crippen LogP contribution in [0.3, 0.4) is 0 Å². The standard InChI is InChI=1S/C6H14N2OS/c1-10-5-4-8-6(9)2-3-7/h2-5,7H2,1H3,(H,8,9). The van der Waals surface area contributed by atoms with Gasteiger partial charge in [0.05, 0.1) is 0 Å². The molecule has 60 valence electrons. The van der Waals surface area contributed by atoms with Crippen molar-refractivity contribution >= 4 is 17.7 Å². The molecule has 0 aliphatic heterocycles. The van der Waals surface area contributed by atoms with Crippen LogP contribution in [0.5, 0.6) is 0 Å². The Labute approximate surface area is 65.7 Å². The first kappa shape index (κ1) is 9.78. The molecule has 0 fully saturated rings. The molecule has 0 rings (SSSR count). The molecule has 0 aliphatic carbocycles. The first-order chi connectivity index (χ1) is 4.81. The van der Waals surface area contributed by atoms with E-state index in [1.807, 2.05) is 6.26 Å². The maximum Gasteiger partial charge on any atom is 0.221 e. The molecule has 0 spiro atoms. The van der Waals surface area contributed by atoms with Crippen molar-refractivity contribution in [1.29, 1.82) is 0 Å². The molecule has 0 radical (unpaired) electrons.